The summed E-state index contributed by atoms with van der Waals surface area (Å²) in [7, 11) is 0. The Labute approximate surface area is 88.7 Å². The lowest BCUT2D eigenvalue weighted by atomic mass is 10.0. The highest BCUT2D eigenvalue weighted by molar-refractivity contribution is 5.78. The largest absolute Gasteiger partial charge is 0.339 e. The molecule has 0 radical (unpaired) electrons. The van der Waals surface area contributed by atoms with Crippen molar-refractivity contribution in [1.82, 2.24) is 4.90 Å². The van der Waals surface area contributed by atoms with Gasteiger partial charge in [-0.1, -0.05) is 34.6 Å². The molecule has 1 aliphatic rings. The summed E-state index contributed by atoms with van der Waals surface area (Å²) >= 11 is 0. The molecule has 0 aromatic carbocycles. The third-order valence-corrected chi connectivity index (χ3v) is 2.92. The van der Waals surface area contributed by atoms with Crippen molar-refractivity contribution < 1.29 is 4.79 Å². The molecular formula is C12H25NO. The highest BCUT2D eigenvalue weighted by atomic mass is 16.2. The maximum absolute atomic E-state index is 11.6. The minimum atomic E-state index is 0.151. The van der Waals surface area contributed by atoms with E-state index in [0.29, 0.717) is 17.9 Å². The predicted octanol–water partition coefficient (Wildman–Crippen LogP) is 2.93. The van der Waals surface area contributed by atoms with Gasteiger partial charge in [-0.05, 0) is 19.3 Å². The Hall–Kier alpha value is -0.530. The molecule has 0 N–H and O–H groups in total. The van der Waals surface area contributed by atoms with E-state index in [-0.39, 0.29) is 5.92 Å². The van der Waals surface area contributed by atoms with Gasteiger partial charge in [0, 0.05) is 18.5 Å². The Balaban J connectivity index is 0.000000791. The highest BCUT2D eigenvalue weighted by Gasteiger charge is 2.31. The van der Waals surface area contributed by atoms with Crippen molar-refractivity contribution >= 4 is 5.91 Å². The molecule has 1 rings (SSSR count). The number of rotatable bonds is 1. The van der Waals surface area contributed by atoms with Crippen LogP contribution in [-0.4, -0.2) is 23.4 Å². The summed E-state index contributed by atoms with van der Waals surface area (Å²) in [5, 5.41) is 0. The molecule has 1 saturated heterocycles. The van der Waals surface area contributed by atoms with Gasteiger partial charge in [0.05, 0.1) is 0 Å². The molecule has 84 valence electrons. The molecule has 2 nitrogen and oxygen atoms in total. The fourth-order valence-corrected chi connectivity index (χ4v) is 1.74. The Kier molecular flexibility index (Phi) is 5.82. The van der Waals surface area contributed by atoms with Crippen LogP contribution in [0.25, 0.3) is 0 Å². The second-order valence-corrected chi connectivity index (χ2v) is 4.19. The lowest BCUT2D eigenvalue weighted by Crippen LogP contribution is -2.37. The molecule has 0 aromatic heterocycles. The summed E-state index contributed by atoms with van der Waals surface area (Å²) in [6.45, 7) is 13.3. The number of carbonyl (C=O) groups is 1. The highest BCUT2D eigenvalue weighted by Crippen LogP contribution is 2.24. The number of amides is 1. The molecule has 14 heavy (non-hydrogen) atoms. The van der Waals surface area contributed by atoms with Crippen LogP contribution in [0.2, 0.25) is 0 Å². The van der Waals surface area contributed by atoms with E-state index in [1.165, 1.54) is 6.42 Å². The number of nitrogens with zero attached hydrogens (tertiary/aromatic N) is 1. The van der Waals surface area contributed by atoms with E-state index >= 15 is 0 Å². The molecular weight excluding hydrogens is 174 g/mol. The van der Waals surface area contributed by atoms with Crippen molar-refractivity contribution in [1.29, 1.82) is 0 Å². The van der Waals surface area contributed by atoms with Gasteiger partial charge in [-0.3, -0.25) is 4.79 Å². The number of hydrogen-bond donors (Lipinski definition) is 0. The van der Waals surface area contributed by atoms with Crippen molar-refractivity contribution in [2.75, 3.05) is 6.54 Å². The molecule has 2 heteroatoms. The minimum absolute atomic E-state index is 0.151. The Bertz CT molecular complexity index is 177. The predicted molar refractivity (Wildman–Crippen MR) is 61.1 cm³/mol. The maximum atomic E-state index is 11.6. The molecule has 1 heterocycles. The lowest BCUT2D eigenvalue weighted by molar-refractivity contribution is -0.135. The standard InChI is InChI=1S/C10H19NO.C2H6/c1-7(2)10(12)11-6-5-8(3)9(11)4;1-2/h7-9H,5-6H2,1-4H3;1-2H3. The number of hydrogen-bond acceptors (Lipinski definition) is 1. The molecule has 2 unspecified atom stereocenters. The molecule has 2 atom stereocenters. The van der Waals surface area contributed by atoms with Crippen LogP contribution in [0.5, 0.6) is 0 Å². The molecule has 0 spiro atoms. The molecule has 0 bridgehead atoms. The van der Waals surface area contributed by atoms with Crippen LogP contribution in [0.1, 0.15) is 48.0 Å². The summed E-state index contributed by atoms with van der Waals surface area (Å²) < 4.78 is 0. The fourth-order valence-electron chi connectivity index (χ4n) is 1.74. The van der Waals surface area contributed by atoms with Crippen molar-refractivity contribution in [2.24, 2.45) is 11.8 Å². The first kappa shape index (κ1) is 13.5. The van der Waals surface area contributed by atoms with Gasteiger partial charge in [-0.2, -0.15) is 0 Å². The SMILES string of the molecule is CC.CC(C)C(=O)N1CCC(C)C1C. The normalized spacial score (nSPS) is 26.1. The van der Waals surface area contributed by atoms with Crippen molar-refractivity contribution in [2.45, 2.75) is 54.0 Å². The van der Waals surface area contributed by atoms with Gasteiger partial charge in [0.1, 0.15) is 0 Å². The molecule has 1 aliphatic heterocycles. The summed E-state index contributed by atoms with van der Waals surface area (Å²) in [6.07, 6.45) is 1.17. The average molecular weight is 199 g/mol. The van der Waals surface area contributed by atoms with E-state index in [9.17, 15) is 4.79 Å². The molecule has 0 aromatic rings. The van der Waals surface area contributed by atoms with Gasteiger partial charge < -0.3 is 4.90 Å². The number of likely N-dealkylation sites (tertiary alicyclic amines) is 1. The van der Waals surface area contributed by atoms with Crippen molar-refractivity contribution in [3.8, 4) is 0 Å². The topological polar surface area (TPSA) is 20.3 Å². The quantitative estimate of drug-likeness (QED) is 0.636. The van der Waals surface area contributed by atoms with Crippen LogP contribution in [0, 0.1) is 11.8 Å². The van der Waals surface area contributed by atoms with E-state index in [1.807, 2.05) is 32.6 Å². The molecule has 1 amide bonds. The first-order chi connectivity index (χ1) is 6.54. The summed E-state index contributed by atoms with van der Waals surface area (Å²) in [4.78, 5) is 13.7. The van der Waals surface area contributed by atoms with Crippen LogP contribution in [0.3, 0.4) is 0 Å². The summed E-state index contributed by atoms with van der Waals surface area (Å²) in [6, 6.07) is 0.444. The Morgan fingerprint density at radius 1 is 1.29 bits per heavy atom. The van der Waals surface area contributed by atoms with Crippen LogP contribution < -0.4 is 0 Å². The van der Waals surface area contributed by atoms with Crippen LogP contribution >= 0.6 is 0 Å². The zero-order chi connectivity index (χ0) is 11.3. The van der Waals surface area contributed by atoms with Gasteiger partial charge in [-0.25, -0.2) is 0 Å². The van der Waals surface area contributed by atoms with Crippen LogP contribution in [-0.2, 0) is 4.79 Å². The van der Waals surface area contributed by atoms with Gasteiger partial charge in [0.2, 0.25) is 5.91 Å². The van der Waals surface area contributed by atoms with E-state index in [4.69, 9.17) is 0 Å². The molecule has 0 aliphatic carbocycles. The lowest BCUT2D eigenvalue weighted by Gasteiger charge is -2.25. The third-order valence-electron chi connectivity index (χ3n) is 2.92. The van der Waals surface area contributed by atoms with Crippen LogP contribution in [0.15, 0.2) is 0 Å². The van der Waals surface area contributed by atoms with Gasteiger partial charge in [-0.15, -0.1) is 0 Å². The van der Waals surface area contributed by atoms with E-state index < -0.39 is 0 Å². The third kappa shape index (κ3) is 3.00. The molecule has 1 fully saturated rings. The minimum Gasteiger partial charge on any atom is -0.339 e. The Morgan fingerprint density at radius 3 is 2.07 bits per heavy atom. The van der Waals surface area contributed by atoms with Gasteiger partial charge >= 0.3 is 0 Å². The monoisotopic (exact) mass is 199 g/mol. The van der Waals surface area contributed by atoms with E-state index in [1.54, 1.807) is 0 Å². The smallest absolute Gasteiger partial charge is 0.225 e. The second kappa shape index (κ2) is 6.05. The average Bonchev–Trinajstić information content (AvgIpc) is 2.50. The summed E-state index contributed by atoms with van der Waals surface area (Å²) in [5.74, 6) is 1.14. The molecule has 0 saturated carbocycles. The first-order valence-corrected chi connectivity index (χ1v) is 5.84. The van der Waals surface area contributed by atoms with Crippen molar-refractivity contribution in [3.05, 3.63) is 0 Å². The second-order valence-electron chi connectivity index (χ2n) is 4.19. The Morgan fingerprint density at radius 2 is 1.79 bits per heavy atom. The fraction of sp³-hybridized carbons (Fsp3) is 0.917. The maximum Gasteiger partial charge on any atom is 0.225 e. The van der Waals surface area contributed by atoms with E-state index in [2.05, 4.69) is 13.8 Å². The number of carbonyl (C=O) groups excluding carboxylic acids is 1. The zero-order valence-electron chi connectivity index (χ0n) is 10.5. The van der Waals surface area contributed by atoms with Gasteiger partial charge in [0.25, 0.3) is 0 Å². The zero-order valence-corrected chi connectivity index (χ0v) is 10.5. The summed E-state index contributed by atoms with van der Waals surface area (Å²) in [5.41, 5.74) is 0. The first-order valence-electron chi connectivity index (χ1n) is 5.84. The van der Waals surface area contributed by atoms with Crippen LogP contribution in [0.4, 0.5) is 0 Å². The van der Waals surface area contributed by atoms with E-state index in [0.717, 1.165) is 6.54 Å². The van der Waals surface area contributed by atoms with Crippen molar-refractivity contribution in [3.63, 3.8) is 0 Å². The van der Waals surface area contributed by atoms with Gasteiger partial charge in [0.15, 0.2) is 0 Å².